The predicted molar refractivity (Wildman–Crippen MR) is 68.9 cm³/mol. The zero-order chi connectivity index (χ0) is 12.0. The lowest BCUT2D eigenvalue weighted by atomic mass is 10.1. The first-order chi connectivity index (χ1) is 7.67. The minimum atomic E-state index is 0.372. The van der Waals surface area contributed by atoms with Crippen LogP contribution in [0.15, 0.2) is 24.3 Å². The molecule has 0 heterocycles. The summed E-state index contributed by atoms with van der Waals surface area (Å²) in [5.74, 6) is 0.925. The Balaban J connectivity index is 2.61. The maximum atomic E-state index is 5.23. The van der Waals surface area contributed by atoms with Gasteiger partial charge < -0.3 is 10.1 Å². The fraction of sp³-hybridized carbons (Fsp3) is 0.571. The van der Waals surface area contributed by atoms with Gasteiger partial charge >= 0.3 is 0 Å². The van der Waals surface area contributed by atoms with Crippen LogP contribution in [0.1, 0.15) is 45.2 Å². The number of methoxy groups -OCH3 is 1. The number of rotatable bonds is 6. The van der Waals surface area contributed by atoms with Crippen LogP contribution in [0.4, 0.5) is 0 Å². The van der Waals surface area contributed by atoms with Gasteiger partial charge in [-0.3, -0.25) is 0 Å². The van der Waals surface area contributed by atoms with Crippen molar-refractivity contribution in [3.8, 4) is 5.75 Å². The van der Waals surface area contributed by atoms with Crippen molar-refractivity contribution in [3.05, 3.63) is 29.8 Å². The van der Waals surface area contributed by atoms with Gasteiger partial charge in [0.1, 0.15) is 5.75 Å². The zero-order valence-electron chi connectivity index (χ0n) is 10.8. The normalized spacial score (nSPS) is 14.5. The summed E-state index contributed by atoms with van der Waals surface area (Å²) in [6, 6.07) is 9.18. The van der Waals surface area contributed by atoms with E-state index < -0.39 is 0 Å². The van der Waals surface area contributed by atoms with Crippen LogP contribution in [-0.2, 0) is 0 Å². The second kappa shape index (κ2) is 6.54. The topological polar surface area (TPSA) is 21.3 Å². The lowest BCUT2D eigenvalue weighted by Crippen LogP contribution is -2.28. The first kappa shape index (κ1) is 13.0. The summed E-state index contributed by atoms with van der Waals surface area (Å²) in [4.78, 5) is 0. The molecule has 0 radical (unpaired) electrons. The summed E-state index contributed by atoms with van der Waals surface area (Å²) in [6.45, 7) is 6.65. The van der Waals surface area contributed by atoms with Crippen molar-refractivity contribution >= 4 is 0 Å². The van der Waals surface area contributed by atoms with Crippen molar-refractivity contribution in [2.75, 3.05) is 7.11 Å². The lowest BCUT2D eigenvalue weighted by molar-refractivity contribution is 0.411. The number of nitrogens with one attached hydrogen (secondary N) is 1. The SMILES string of the molecule is CCCC(C)N[C@@H](C)c1cccc(OC)c1. The fourth-order valence-corrected chi connectivity index (χ4v) is 1.95. The van der Waals surface area contributed by atoms with Gasteiger partial charge in [0.05, 0.1) is 7.11 Å². The number of benzene rings is 1. The molecule has 1 rings (SSSR count). The van der Waals surface area contributed by atoms with Gasteiger partial charge in [-0.25, -0.2) is 0 Å². The monoisotopic (exact) mass is 221 g/mol. The maximum absolute atomic E-state index is 5.23. The molecule has 2 atom stereocenters. The summed E-state index contributed by atoms with van der Waals surface area (Å²) in [5, 5.41) is 3.59. The third kappa shape index (κ3) is 3.86. The van der Waals surface area contributed by atoms with Gasteiger partial charge in [-0.1, -0.05) is 25.5 Å². The molecule has 1 N–H and O–H groups in total. The molecule has 1 aromatic carbocycles. The number of hydrogen-bond donors (Lipinski definition) is 1. The standard InChI is InChI=1S/C14H23NO/c1-5-7-11(2)15-12(3)13-8-6-9-14(10-13)16-4/h6,8-12,15H,5,7H2,1-4H3/t11?,12-/m0/s1. The lowest BCUT2D eigenvalue weighted by Gasteiger charge is -2.20. The van der Waals surface area contributed by atoms with Crippen molar-refractivity contribution < 1.29 is 4.74 Å². The summed E-state index contributed by atoms with van der Waals surface area (Å²) >= 11 is 0. The van der Waals surface area contributed by atoms with Crippen LogP contribution in [0, 0.1) is 0 Å². The molecule has 0 saturated carbocycles. The minimum absolute atomic E-state index is 0.372. The van der Waals surface area contributed by atoms with E-state index in [0.717, 1.165) is 5.75 Å². The summed E-state index contributed by atoms with van der Waals surface area (Å²) in [5.41, 5.74) is 1.28. The molecule has 1 aromatic rings. The van der Waals surface area contributed by atoms with Crippen LogP contribution >= 0.6 is 0 Å². The van der Waals surface area contributed by atoms with Crippen molar-refractivity contribution in [2.45, 2.75) is 45.7 Å². The van der Waals surface area contributed by atoms with Gasteiger partial charge in [0, 0.05) is 12.1 Å². The molecule has 2 heteroatoms. The fourth-order valence-electron chi connectivity index (χ4n) is 1.95. The van der Waals surface area contributed by atoms with Gasteiger partial charge in [0.25, 0.3) is 0 Å². The smallest absolute Gasteiger partial charge is 0.119 e. The van der Waals surface area contributed by atoms with Crippen LogP contribution in [0.3, 0.4) is 0 Å². The van der Waals surface area contributed by atoms with E-state index in [0.29, 0.717) is 12.1 Å². The second-order valence-electron chi connectivity index (χ2n) is 4.35. The van der Waals surface area contributed by atoms with E-state index in [-0.39, 0.29) is 0 Å². The molecule has 0 aliphatic carbocycles. The Morgan fingerprint density at radius 1 is 1.31 bits per heavy atom. The number of hydrogen-bond acceptors (Lipinski definition) is 2. The molecule has 2 nitrogen and oxygen atoms in total. The highest BCUT2D eigenvalue weighted by Crippen LogP contribution is 2.19. The highest BCUT2D eigenvalue weighted by molar-refractivity contribution is 5.30. The van der Waals surface area contributed by atoms with Gasteiger partial charge in [-0.05, 0) is 38.0 Å². The molecule has 0 fully saturated rings. The molecule has 90 valence electrons. The van der Waals surface area contributed by atoms with Crippen LogP contribution in [0.2, 0.25) is 0 Å². The largest absolute Gasteiger partial charge is 0.497 e. The van der Waals surface area contributed by atoms with E-state index in [1.54, 1.807) is 7.11 Å². The van der Waals surface area contributed by atoms with E-state index in [1.807, 2.05) is 12.1 Å². The molecule has 1 unspecified atom stereocenters. The zero-order valence-corrected chi connectivity index (χ0v) is 10.8. The Bertz CT molecular complexity index is 311. The van der Waals surface area contributed by atoms with Gasteiger partial charge in [0.15, 0.2) is 0 Å². The van der Waals surface area contributed by atoms with E-state index in [4.69, 9.17) is 4.74 Å². The van der Waals surface area contributed by atoms with E-state index in [1.165, 1.54) is 18.4 Å². The van der Waals surface area contributed by atoms with E-state index >= 15 is 0 Å². The van der Waals surface area contributed by atoms with E-state index in [2.05, 4.69) is 38.2 Å². The minimum Gasteiger partial charge on any atom is -0.497 e. The molecule has 0 aliphatic heterocycles. The highest BCUT2D eigenvalue weighted by atomic mass is 16.5. The molecule has 0 aliphatic rings. The molecule has 0 bridgehead atoms. The molecule has 0 aromatic heterocycles. The average molecular weight is 221 g/mol. The maximum Gasteiger partial charge on any atom is 0.119 e. The molecule has 16 heavy (non-hydrogen) atoms. The molecule has 0 amide bonds. The Morgan fingerprint density at radius 2 is 2.06 bits per heavy atom. The quantitative estimate of drug-likeness (QED) is 0.793. The molecular formula is C14H23NO. The first-order valence-electron chi connectivity index (χ1n) is 6.07. The Hall–Kier alpha value is -1.02. The molecule has 0 saturated heterocycles. The molecule has 0 spiro atoms. The van der Waals surface area contributed by atoms with Crippen LogP contribution in [0.5, 0.6) is 5.75 Å². The third-order valence-corrected chi connectivity index (χ3v) is 2.85. The average Bonchev–Trinajstić information content (AvgIpc) is 2.29. The van der Waals surface area contributed by atoms with Crippen LogP contribution in [0.25, 0.3) is 0 Å². The van der Waals surface area contributed by atoms with Crippen molar-refractivity contribution in [3.63, 3.8) is 0 Å². The highest BCUT2D eigenvalue weighted by Gasteiger charge is 2.09. The van der Waals surface area contributed by atoms with Gasteiger partial charge in [-0.2, -0.15) is 0 Å². The summed E-state index contributed by atoms with van der Waals surface area (Å²) in [7, 11) is 1.71. The third-order valence-electron chi connectivity index (χ3n) is 2.85. The van der Waals surface area contributed by atoms with Gasteiger partial charge in [0.2, 0.25) is 0 Å². The summed E-state index contributed by atoms with van der Waals surface area (Å²) in [6.07, 6.45) is 2.44. The van der Waals surface area contributed by atoms with Crippen LogP contribution < -0.4 is 10.1 Å². The van der Waals surface area contributed by atoms with Crippen LogP contribution in [-0.4, -0.2) is 13.2 Å². The first-order valence-corrected chi connectivity index (χ1v) is 6.07. The second-order valence-corrected chi connectivity index (χ2v) is 4.35. The summed E-state index contributed by atoms with van der Waals surface area (Å²) < 4.78 is 5.23. The van der Waals surface area contributed by atoms with Crippen molar-refractivity contribution in [1.29, 1.82) is 0 Å². The number of ether oxygens (including phenoxy) is 1. The van der Waals surface area contributed by atoms with Crippen molar-refractivity contribution in [1.82, 2.24) is 5.32 Å². The predicted octanol–water partition coefficient (Wildman–Crippen LogP) is 3.53. The Kier molecular flexibility index (Phi) is 5.33. The van der Waals surface area contributed by atoms with E-state index in [9.17, 15) is 0 Å². The Labute approximate surface area is 99.0 Å². The molecular weight excluding hydrogens is 198 g/mol. The Morgan fingerprint density at radius 3 is 2.69 bits per heavy atom. The van der Waals surface area contributed by atoms with Gasteiger partial charge in [-0.15, -0.1) is 0 Å². The van der Waals surface area contributed by atoms with Crippen molar-refractivity contribution in [2.24, 2.45) is 0 Å².